The van der Waals surface area contributed by atoms with E-state index in [4.69, 9.17) is 0 Å². The van der Waals surface area contributed by atoms with Gasteiger partial charge in [-0.3, -0.25) is 0 Å². The molecule has 104 valence electrons. The summed E-state index contributed by atoms with van der Waals surface area (Å²) in [5.74, 6) is 0. The Morgan fingerprint density at radius 1 is 1.44 bits per heavy atom. The summed E-state index contributed by atoms with van der Waals surface area (Å²) >= 11 is 0. The van der Waals surface area contributed by atoms with Gasteiger partial charge in [0.15, 0.2) is 0 Å². The molecule has 0 aromatic carbocycles. The van der Waals surface area contributed by atoms with Crippen LogP contribution in [0.5, 0.6) is 0 Å². The zero-order chi connectivity index (χ0) is 13.6. The zero-order valence-electron chi connectivity index (χ0n) is 10.6. The van der Waals surface area contributed by atoms with Gasteiger partial charge in [-0.05, 0) is 31.5 Å². The van der Waals surface area contributed by atoms with Crippen molar-refractivity contribution in [3.8, 4) is 0 Å². The lowest BCUT2D eigenvalue weighted by Gasteiger charge is -2.11. The molecule has 0 aliphatic heterocycles. The van der Waals surface area contributed by atoms with E-state index in [-0.39, 0.29) is 12.8 Å². The van der Waals surface area contributed by atoms with Crippen molar-refractivity contribution in [3.05, 3.63) is 24.0 Å². The van der Waals surface area contributed by atoms with Gasteiger partial charge in [-0.25, -0.2) is 0 Å². The van der Waals surface area contributed by atoms with E-state index in [1.54, 1.807) is 17.0 Å². The summed E-state index contributed by atoms with van der Waals surface area (Å²) < 4.78 is 41.8. The molecule has 1 atom stereocenters. The van der Waals surface area contributed by atoms with Gasteiger partial charge in [0.25, 0.3) is 0 Å². The highest BCUT2D eigenvalue weighted by Crippen LogP contribution is 2.16. The van der Waals surface area contributed by atoms with Crippen molar-refractivity contribution in [1.29, 1.82) is 0 Å². The predicted molar refractivity (Wildman–Crippen MR) is 63.1 cm³/mol. The molecule has 0 saturated heterocycles. The maximum atomic E-state index is 11.9. The summed E-state index contributed by atoms with van der Waals surface area (Å²) in [6.07, 6.45) is 0.283. The SMILES string of the molecule is CCCNC(C)c1ccn(COCC(F)(F)F)c1. The summed E-state index contributed by atoms with van der Waals surface area (Å²) in [7, 11) is 0. The van der Waals surface area contributed by atoms with Crippen molar-refractivity contribution in [2.45, 2.75) is 39.2 Å². The molecule has 1 heterocycles. The van der Waals surface area contributed by atoms with Crippen LogP contribution in [0.3, 0.4) is 0 Å². The summed E-state index contributed by atoms with van der Waals surface area (Å²) in [4.78, 5) is 0. The molecular formula is C12H19F3N2O. The summed E-state index contributed by atoms with van der Waals surface area (Å²) in [6, 6.07) is 2.07. The normalized spacial score (nSPS) is 13.8. The van der Waals surface area contributed by atoms with Crippen LogP contribution < -0.4 is 5.32 Å². The maximum absolute atomic E-state index is 11.9. The third kappa shape index (κ3) is 5.55. The first-order valence-electron chi connectivity index (χ1n) is 5.96. The average Bonchev–Trinajstić information content (AvgIpc) is 2.73. The third-order valence-corrected chi connectivity index (χ3v) is 2.48. The Bertz CT molecular complexity index is 349. The summed E-state index contributed by atoms with van der Waals surface area (Å²) in [5, 5.41) is 3.31. The van der Waals surface area contributed by atoms with Crippen molar-refractivity contribution in [2.24, 2.45) is 0 Å². The highest BCUT2D eigenvalue weighted by atomic mass is 19.4. The summed E-state index contributed by atoms with van der Waals surface area (Å²) in [5.41, 5.74) is 1.04. The fourth-order valence-corrected chi connectivity index (χ4v) is 1.54. The molecule has 0 amide bonds. The van der Waals surface area contributed by atoms with Crippen LogP contribution in [-0.4, -0.2) is 23.9 Å². The topological polar surface area (TPSA) is 26.2 Å². The van der Waals surface area contributed by atoms with Gasteiger partial charge in [0, 0.05) is 18.4 Å². The van der Waals surface area contributed by atoms with Crippen LogP contribution in [0.4, 0.5) is 13.2 Å². The van der Waals surface area contributed by atoms with E-state index in [9.17, 15) is 13.2 Å². The van der Waals surface area contributed by atoms with Crippen LogP contribution in [0.15, 0.2) is 18.5 Å². The monoisotopic (exact) mass is 264 g/mol. The predicted octanol–water partition coefficient (Wildman–Crippen LogP) is 3.09. The lowest BCUT2D eigenvalue weighted by molar-refractivity contribution is -0.181. The number of rotatable bonds is 7. The first-order valence-corrected chi connectivity index (χ1v) is 5.96. The highest BCUT2D eigenvalue weighted by Gasteiger charge is 2.27. The second-order valence-corrected chi connectivity index (χ2v) is 4.23. The summed E-state index contributed by atoms with van der Waals surface area (Å²) in [6.45, 7) is 3.71. The first kappa shape index (κ1) is 15.0. The van der Waals surface area contributed by atoms with E-state index in [0.29, 0.717) is 0 Å². The molecule has 1 aromatic rings. The Morgan fingerprint density at radius 2 is 2.17 bits per heavy atom. The molecule has 1 aromatic heterocycles. The molecule has 0 aliphatic carbocycles. The van der Waals surface area contributed by atoms with Crippen LogP contribution >= 0.6 is 0 Å². The fraction of sp³-hybridized carbons (Fsp3) is 0.667. The van der Waals surface area contributed by atoms with E-state index in [1.165, 1.54) is 0 Å². The molecule has 1 unspecified atom stereocenters. The molecule has 0 fully saturated rings. The van der Waals surface area contributed by atoms with Gasteiger partial charge in [-0.2, -0.15) is 13.2 Å². The standard InChI is InChI=1S/C12H19F3N2O/c1-3-5-16-10(2)11-4-6-17(7-11)9-18-8-12(13,14)15/h4,6-7,10,16H,3,5,8-9H2,1-2H3. The molecule has 18 heavy (non-hydrogen) atoms. The second kappa shape index (κ2) is 6.80. The minimum atomic E-state index is -4.27. The van der Waals surface area contributed by atoms with Gasteiger partial charge in [-0.1, -0.05) is 6.92 Å². The number of halogens is 3. The van der Waals surface area contributed by atoms with Crippen LogP contribution in [0.2, 0.25) is 0 Å². The Morgan fingerprint density at radius 3 is 2.78 bits per heavy atom. The molecule has 0 radical (unpaired) electrons. The van der Waals surface area contributed by atoms with Gasteiger partial charge < -0.3 is 14.6 Å². The minimum absolute atomic E-state index is 0.0833. The number of hydrogen-bond acceptors (Lipinski definition) is 2. The molecule has 0 spiro atoms. The van der Waals surface area contributed by atoms with Crippen molar-refractivity contribution in [1.82, 2.24) is 9.88 Å². The van der Waals surface area contributed by atoms with Gasteiger partial charge in [0.1, 0.15) is 13.3 Å². The molecule has 0 bridgehead atoms. The molecule has 0 saturated carbocycles. The molecule has 3 nitrogen and oxygen atoms in total. The Hall–Kier alpha value is -1.01. The van der Waals surface area contributed by atoms with Gasteiger partial charge >= 0.3 is 6.18 Å². The van der Waals surface area contributed by atoms with Crippen molar-refractivity contribution in [3.63, 3.8) is 0 Å². The number of nitrogens with one attached hydrogen (secondary N) is 1. The molecule has 1 N–H and O–H groups in total. The first-order chi connectivity index (χ1) is 8.42. The van der Waals surface area contributed by atoms with Gasteiger partial charge in [-0.15, -0.1) is 0 Å². The maximum Gasteiger partial charge on any atom is 0.411 e. The van der Waals surface area contributed by atoms with Gasteiger partial charge in [0.05, 0.1) is 0 Å². The fourth-order valence-electron chi connectivity index (χ4n) is 1.54. The number of hydrogen-bond donors (Lipinski definition) is 1. The van der Waals surface area contributed by atoms with E-state index in [2.05, 4.69) is 17.0 Å². The van der Waals surface area contributed by atoms with Crippen LogP contribution in [0, 0.1) is 0 Å². The molecule has 1 rings (SSSR count). The van der Waals surface area contributed by atoms with Crippen LogP contribution in [-0.2, 0) is 11.5 Å². The van der Waals surface area contributed by atoms with Crippen molar-refractivity contribution >= 4 is 0 Å². The number of aromatic nitrogens is 1. The van der Waals surface area contributed by atoms with Crippen molar-refractivity contribution < 1.29 is 17.9 Å². The largest absolute Gasteiger partial charge is 0.411 e. The Balaban J connectivity index is 2.38. The van der Waals surface area contributed by atoms with E-state index in [1.807, 2.05) is 13.0 Å². The second-order valence-electron chi connectivity index (χ2n) is 4.23. The van der Waals surface area contributed by atoms with Crippen LogP contribution in [0.1, 0.15) is 31.9 Å². The molecular weight excluding hydrogens is 245 g/mol. The minimum Gasteiger partial charge on any atom is -0.351 e. The quantitative estimate of drug-likeness (QED) is 0.819. The van der Waals surface area contributed by atoms with Crippen LogP contribution in [0.25, 0.3) is 0 Å². The molecule has 6 heteroatoms. The van der Waals surface area contributed by atoms with E-state index in [0.717, 1.165) is 18.5 Å². The lowest BCUT2D eigenvalue weighted by atomic mass is 10.2. The third-order valence-electron chi connectivity index (χ3n) is 2.48. The Labute approximate surface area is 105 Å². The number of alkyl halides is 3. The lowest BCUT2D eigenvalue weighted by Crippen LogP contribution is -2.19. The zero-order valence-corrected chi connectivity index (χ0v) is 10.6. The number of ether oxygens (including phenoxy) is 1. The molecule has 0 aliphatic rings. The van der Waals surface area contributed by atoms with Crippen molar-refractivity contribution in [2.75, 3.05) is 13.2 Å². The van der Waals surface area contributed by atoms with Gasteiger partial charge in [0.2, 0.25) is 0 Å². The van der Waals surface area contributed by atoms with E-state index >= 15 is 0 Å². The average molecular weight is 264 g/mol. The number of nitrogens with zero attached hydrogens (tertiary/aromatic N) is 1. The highest BCUT2D eigenvalue weighted by molar-refractivity contribution is 5.14. The smallest absolute Gasteiger partial charge is 0.351 e. The Kier molecular flexibility index (Phi) is 5.68. The van der Waals surface area contributed by atoms with E-state index < -0.39 is 12.8 Å².